The van der Waals surface area contributed by atoms with Crippen LogP contribution in [0, 0.1) is 10.8 Å². The SMILES string of the molecule is N=C(c1ccccc1O)C(F)(F)F.N=C(c1ccccc1O)C(F)(F)F.[Cu]. The average Bonchev–Trinajstić information content (AvgIpc) is 2.53. The number of halogens is 6. The van der Waals surface area contributed by atoms with Gasteiger partial charge in [-0.25, -0.2) is 0 Å². The van der Waals surface area contributed by atoms with Crippen molar-refractivity contribution < 1.29 is 53.6 Å². The van der Waals surface area contributed by atoms with E-state index in [9.17, 15) is 26.3 Å². The molecule has 27 heavy (non-hydrogen) atoms. The molecule has 2 aromatic carbocycles. The van der Waals surface area contributed by atoms with Crippen molar-refractivity contribution >= 4 is 11.4 Å². The maximum absolute atomic E-state index is 12.0. The number of benzene rings is 2. The van der Waals surface area contributed by atoms with Gasteiger partial charge in [-0.1, -0.05) is 24.3 Å². The minimum absolute atomic E-state index is 0. The summed E-state index contributed by atoms with van der Waals surface area (Å²) < 4.78 is 71.9. The second-order valence-corrected chi connectivity index (χ2v) is 4.78. The van der Waals surface area contributed by atoms with Gasteiger partial charge in [-0.2, -0.15) is 26.3 Å². The third-order valence-electron chi connectivity index (χ3n) is 2.91. The Balaban J connectivity index is 0.000000483. The van der Waals surface area contributed by atoms with Crippen molar-refractivity contribution in [1.82, 2.24) is 0 Å². The zero-order chi connectivity index (χ0) is 20.1. The molecule has 4 nitrogen and oxygen atoms in total. The van der Waals surface area contributed by atoms with Crippen molar-refractivity contribution in [1.29, 1.82) is 10.8 Å². The smallest absolute Gasteiger partial charge is 0.433 e. The summed E-state index contributed by atoms with van der Waals surface area (Å²) in [4.78, 5) is 0. The van der Waals surface area contributed by atoms with E-state index in [-0.39, 0.29) is 17.1 Å². The van der Waals surface area contributed by atoms with E-state index in [4.69, 9.17) is 21.0 Å². The van der Waals surface area contributed by atoms with Gasteiger partial charge in [0.15, 0.2) is 0 Å². The molecule has 0 unspecified atom stereocenters. The summed E-state index contributed by atoms with van der Waals surface area (Å²) in [6.07, 6.45) is -9.45. The van der Waals surface area contributed by atoms with Crippen molar-refractivity contribution in [3.05, 3.63) is 59.7 Å². The molecule has 0 aliphatic rings. The standard InChI is InChI=1S/2C8H6F3NO.Cu/c2*9-8(10,11)7(12)5-3-1-2-4-6(5)13;/h2*1-4,12-13H;. The van der Waals surface area contributed by atoms with E-state index in [1.807, 2.05) is 0 Å². The van der Waals surface area contributed by atoms with Crippen LogP contribution in [0.2, 0.25) is 0 Å². The van der Waals surface area contributed by atoms with E-state index < -0.39 is 46.4 Å². The third kappa shape index (κ3) is 6.95. The summed E-state index contributed by atoms with van der Waals surface area (Å²) in [6.45, 7) is 0. The van der Waals surface area contributed by atoms with Gasteiger partial charge < -0.3 is 10.2 Å². The van der Waals surface area contributed by atoms with Crippen molar-refractivity contribution in [3.8, 4) is 11.5 Å². The summed E-state index contributed by atoms with van der Waals surface area (Å²) in [5.41, 5.74) is -4.08. The van der Waals surface area contributed by atoms with Gasteiger partial charge in [0, 0.05) is 28.2 Å². The summed E-state index contributed by atoms with van der Waals surface area (Å²) in [7, 11) is 0. The monoisotopic (exact) mass is 441 g/mol. The van der Waals surface area contributed by atoms with Crippen LogP contribution in [-0.4, -0.2) is 34.0 Å². The average molecular weight is 442 g/mol. The molecule has 0 aliphatic carbocycles. The Morgan fingerprint density at radius 2 is 0.889 bits per heavy atom. The number of nitrogens with one attached hydrogen (secondary N) is 2. The molecule has 0 saturated heterocycles. The van der Waals surface area contributed by atoms with Gasteiger partial charge in [0.2, 0.25) is 0 Å². The number of rotatable bonds is 2. The fraction of sp³-hybridized carbons (Fsp3) is 0.125. The van der Waals surface area contributed by atoms with E-state index >= 15 is 0 Å². The molecule has 0 aromatic heterocycles. The van der Waals surface area contributed by atoms with Crippen molar-refractivity contribution in [3.63, 3.8) is 0 Å². The van der Waals surface area contributed by atoms with E-state index in [0.29, 0.717) is 0 Å². The van der Waals surface area contributed by atoms with Gasteiger partial charge in [0.05, 0.1) is 0 Å². The third-order valence-corrected chi connectivity index (χ3v) is 2.91. The minimum Gasteiger partial charge on any atom is -0.507 e. The van der Waals surface area contributed by atoms with Crippen LogP contribution in [0.5, 0.6) is 11.5 Å². The number of para-hydroxylation sites is 2. The van der Waals surface area contributed by atoms with Gasteiger partial charge in [0.1, 0.15) is 22.9 Å². The number of hydrogen-bond donors (Lipinski definition) is 4. The number of alkyl halides is 6. The zero-order valence-corrected chi connectivity index (χ0v) is 14.0. The Morgan fingerprint density at radius 1 is 0.630 bits per heavy atom. The molecule has 1 radical (unpaired) electrons. The topological polar surface area (TPSA) is 88.2 Å². The normalized spacial score (nSPS) is 10.9. The summed E-state index contributed by atoms with van der Waals surface area (Å²) in [5, 5.41) is 31.5. The number of aromatic hydroxyl groups is 2. The van der Waals surface area contributed by atoms with Crippen LogP contribution in [0.4, 0.5) is 26.3 Å². The molecular formula is C16H12CuF6N2O2. The molecule has 2 aromatic rings. The van der Waals surface area contributed by atoms with Crippen molar-refractivity contribution in [2.24, 2.45) is 0 Å². The van der Waals surface area contributed by atoms with Gasteiger partial charge in [-0.15, -0.1) is 0 Å². The molecule has 0 bridgehead atoms. The Kier molecular flexibility index (Phi) is 8.55. The molecule has 151 valence electrons. The molecule has 11 heteroatoms. The van der Waals surface area contributed by atoms with Crippen molar-refractivity contribution in [2.45, 2.75) is 12.4 Å². The van der Waals surface area contributed by atoms with Gasteiger partial charge in [-0.3, -0.25) is 10.8 Å². The van der Waals surface area contributed by atoms with Crippen LogP contribution in [0.3, 0.4) is 0 Å². The number of hydrogen-bond acceptors (Lipinski definition) is 4. The fourth-order valence-electron chi connectivity index (χ4n) is 1.68. The van der Waals surface area contributed by atoms with E-state index in [2.05, 4.69) is 0 Å². The first kappa shape index (κ1) is 24.5. The molecule has 0 heterocycles. The predicted molar refractivity (Wildman–Crippen MR) is 82.0 cm³/mol. The first-order valence-corrected chi connectivity index (χ1v) is 6.74. The van der Waals surface area contributed by atoms with Gasteiger partial charge in [-0.05, 0) is 24.3 Å². The molecule has 0 fully saturated rings. The first-order valence-electron chi connectivity index (χ1n) is 6.74. The molecule has 4 N–H and O–H groups in total. The first-order chi connectivity index (χ1) is 11.9. The van der Waals surface area contributed by atoms with Crippen LogP contribution in [-0.2, 0) is 17.1 Å². The fourth-order valence-corrected chi connectivity index (χ4v) is 1.68. The molecule has 0 spiro atoms. The largest absolute Gasteiger partial charge is 0.507 e. The minimum atomic E-state index is -4.72. The maximum Gasteiger partial charge on any atom is 0.433 e. The Morgan fingerprint density at radius 3 is 1.11 bits per heavy atom. The van der Waals surface area contributed by atoms with Crippen molar-refractivity contribution in [2.75, 3.05) is 0 Å². The van der Waals surface area contributed by atoms with Crippen LogP contribution < -0.4 is 0 Å². The zero-order valence-electron chi connectivity index (χ0n) is 13.1. The maximum atomic E-state index is 12.0. The Bertz CT molecular complexity index is 738. The molecule has 0 aliphatic heterocycles. The molecule has 2 rings (SSSR count). The summed E-state index contributed by atoms with van der Waals surface area (Å²) in [5.74, 6) is -1.07. The van der Waals surface area contributed by atoms with E-state index in [1.165, 1.54) is 24.3 Å². The Labute approximate surface area is 160 Å². The van der Waals surface area contributed by atoms with E-state index in [1.54, 1.807) is 0 Å². The summed E-state index contributed by atoms with van der Waals surface area (Å²) in [6, 6.07) is 9.75. The van der Waals surface area contributed by atoms with Crippen LogP contribution in [0.1, 0.15) is 11.1 Å². The predicted octanol–water partition coefficient (Wildman–Crippen LogP) is 4.64. The van der Waals surface area contributed by atoms with Crippen LogP contribution in [0.15, 0.2) is 48.5 Å². The van der Waals surface area contributed by atoms with E-state index in [0.717, 1.165) is 24.3 Å². The molecule has 0 amide bonds. The Hall–Kier alpha value is -2.52. The second-order valence-electron chi connectivity index (χ2n) is 4.78. The molecule has 0 saturated carbocycles. The second kappa shape index (κ2) is 9.43. The summed E-state index contributed by atoms with van der Waals surface area (Å²) >= 11 is 0. The van der Waals surface area contributed by atoms with Gasteiger partial charge in [0.25, 0.3) is 0 Å². The number of phenols is 2. The quantitative estimate of drug-likeness (QED) is 0.311. The van der Waals surface area contributed by atoms with Gasteiger partial charge >= 0.3 is 12.4 Å². The molecular weight excluding hydrogens is 430 g/mol. The molecule has 0 atom stereocenters. The number of phenolic OH excluding ortho intramolecular Hbond substituents is 2. The van der Waals surface area contributed by atoms with Crippen LogP contribution >= 0.6 is 0 Å². The van der Waals surface area contributed by atoms with Crippen LogP contribution in [0.25, 0.3) is 0 Å².